The predicted octanol–water partition coefficient (Wildman–Crippen LogP) is 6.08. The molecule has 0 aliphatic rings. The average molecular weight is 442 g/mol. The van der Waals surface area contributed by atoms with Gasteiger partial charge in [0.05, 0.1) is 11.4 Å². The van der Waals surface area contributed by atoms with Gasteiger partial charge in [-0.25, -0.2) is 14.0 Å². The molecule has 0 aliphatic carbocycles. The molecule has 0 unspecified atom stereocenters. The standard InChI is InChI=1S/C25H32FN3O3/c1-16(2)14-29(15-17(3)4)23-10-9-19(18(5)11-24(30)31)12-22(23)28-25(32)27-21-8-6-7-20(26)13-21/h6-13,16-17H,14-15H2,1-5H3,(H,30,31)(H2,27,28,32)/b18-11+. The molecule has 0 aromatic heterocycles. The van der Waals surface area contributed by atoms with E-state index in [4.69, 9.17) is 5.11 Å². The summed E-state index contributed by atoms with van der Waals surface area (Å²) in [5, 5.41) is 14.6. The molecule has 0 radical (unpaired) electrons. The van der Waals surface area contributed by atoms with Gasteiger partial charge >= 0.3 is 12.0 Å². The highest BCUT2D eigenvalue weighted by atomic mass is 19.1. The molecule has 0 spiro atoms. The second kappa shape index (κ2) is 11.3. The molecule has 2 rings (SSSR count). The molecular weight excluding hydrogens is 409 g/mol. The topological polar surface area (TPSA) is 81.7 Å². The lowest BCUT2D eigenvalue weighted by Crippen LogP contribution is -2.32. The lowest BCUT2D eigenvalue weighted by molar-refractivity contribution is -0.131. The van der Waals surface area contributed by atoms with Gasteiger partial charge in [-0.05, 0) is 60.2 Å². The van der Waals surface area contributed by atoms with Crippen molar-refractivity contribution in [3.63, 3.8) is 0 Å². The first-order chi connectivity index (χ1) is 15.0. The zero-order valence-electron chi connectivity index (χ0n) is 19.3. The van der Waals surface area contributed by atoms with Crippen LogP contribution in [0.3, 0.4) is 0 Å². The predicted molar refractivity (Wildman–Crippen MR) is 129 cm³/mol. The number of nitrogens with zero attached hydrogens (tertiary/aromatic N) is 1. The lowest BCUT2D eigenvalue weighted by atomic mass is 10.0. The van der Waals surface area contributed by atoms with E-state index in [1.54, 1.807) is 19.1 Å². The number of halogens is 1. The summed E-state index contributed by atoms with van der Waals surface area (Å²) in [6, 6.07) is 10.7. The third-order valence-electron chi connectivity index (χ3n) is 4.63. The Morgan fingerprint density at radius 3 is 2.25 bits per heavy atom. The van der Waals surface area contributed by atoms with Gasteiger partial charge in [0.1, 0.15) is 5.82 Å². The third-order valence-corrected chi connectivity index (χ3v) is 4.63. The van der Waals surface area contributed by atoms with E-state index < -0.39 is 17.8 Å². The number of carboxylic acids is 1. The molecule has 0 aliphatic heterocycles. The van der Waals surface area contributed by atoms with Gasteiger partial charge in [-0.1, -0.05) is 39.8 Å². The van der Waals surface area contributed by atoms with Gasteiger partial charge in [0.15, 0.2) is 0 Å². The average Bonchev–Trinajstić information content (AvgIpc) is 2.66. The van der Waals surface area contributed by atoms with Gasteiger partial charge in [-0.15, -0.1) is 0 Å². The minimum absolute atomic E-state index is 0.336. The molecule has 0 bridgehead atoms. The minimum atomic E-state index is -1.04. The molecule has 32 heavy (non-hydrogen) atoms. The summed E-state index contributed by atoms with van der Waals surface area (Å²) in [7, 11) is 0. The maximum absolute atomic E-state index is 13.5. The monoisotopic (exact) mass is 441 g/mol. The highest BCUT2D eigenvalue weighted by molar-refractivity contribution is 6.02. The number of rotatable bonds is 9. The van der Waals surface area contributed by atoms with Crippen LogP contribution in [0.25, 0.3) is 5.57 Å². The van der Waals surface area contributed by atoms with Crippen molar-refractivity contribution >= 4 is 34.6 Å². The van der Waals surface area contributed by atoms with Crippen molar-refractivity contribution in [3.8, 4) is 0 Å². The summed E-state index contributed by atoms with van der Waals surface area (Å²) in [5.41, 5.74) is 2.98. The summed E-state index contributed by atoms with van der Waals surface area (Å²) in [4.78, 5) is 26.0. The van der Waals surface area contributed by atoms with Crippen molar-refractivity contribution in [2.75, 3.05) is 28.6 Å². The molecule has 0 atom stereocenters. The highest BCUT2D eigenvalue weighted by Crippen LogP contribution is 2.31. The van der Waals surface area contributed by atoms with Crippen LogP contribution >= 0.6 is 0 Å². The Morgan fingerprint density at radius 1 is 1.03 bits per heavy atom. The van der Waals surface area contributed by atoms with Crippen molar-refractivity contribution in [1.29, 1.82) is 0 Å². The molecule has 2 aromatic carbocycles. The number of nitrogens with one attached hydrogen (secondary N) is 2. The van der Waals surface area contributed by atoms with Gasteiger partial charge in [-0.3, -0.25) is 0 Å². The maximum atomic E-state index is 13.5. The highest BCUT2D eigenvalue weighted by Gasteiger charge is 2.17. The van der Waals surface area contributed by atoms with Gasteiger partial charge in [0.25, 0.3) is 0 Å². The number of aliphatic carboxylic acids is 1. The molecule has 0 saturated heterocycles. The Kier molecular flexibility index (Phi) is 8.81. The van der Waals surface area contributed by atoms with Crippen molar-refractivity contribution in [2.45, 2.75) is 34.6 Å². The first-order valence-electron chi connectivity index (χ1n) is 10.7. The molecule has 0 fully saturated rings. The quantitative estimate of drug-likeness (QED) is 0.412. The minimum Gasteiger partial charge on any atom is -0.478 e. The summed E-state index contributed by atoms with van der Waals surface area (Å²) < 4.78 is 13.5. The number of carboxylic acid groups (broad SMARTS) is 1. The van der Waals surface area contributed by atoms with Crippen LogP contribution in [0.5, 0.6) is 0 Å². The largest absolute Gasteiger partial charge is 0.478 e. The first kappa shape index (κ1) is 24.9. The normalized spacial score (nSPS) is 11.6. The van der Waals surface area contributed by atoms with Crippen molar-refractivity contribution in [2.24, 2.45) is 11.8 Å². The van der Waals surface area contributed by atoms with E-state index >= 15 is 0 Å². The van der Waals surface area contributed by atoms with Gasteiger partial charge in [0, 0.05) is 24.9 Å². The molecule has 0 saturated carbocycles. The number of urea groups is 1. The number of carbonyl (C=O) groups excluding carboxylic acids is 1. The summed E-state index contributed by atoms with van der Waals surface area (Å²) in [6.07, 6.45) is 1.13. The van der Waals surface area contributed by atoms with Crippen molar-refractivity contribution in [1.82, 2.24) is 0 Å². The number of carbonyl (C=O) groups is 2. The van der Waals surface area contributed by atoms with E-state index in [0.29, 0.717) is 34.3 Å². The van der Waals surface area contributed by atoms with Gasteiger partial charge in [0.2, 0.25) is 0 Å². The van der Waals surface area contributed by atoms with Crippen molar-refractivity contribution < 1.29 is 19.1 Å². The fourth-order valence-corrected chi connectivity index (χ4v) is 3.43. The van der Waals surface area contributed by atoms with Crippen LogP contribution in [0.15, 0.2) is 48.5 Å². The fraction of sp³-hybridized carbons (Fsp3) is 0.360. The number of hydrogen-bond acceptors (Lipinski definition) is 3. The Balaban J connectivity index is 2.43. The van der Waals surface area contributed by atoms with Crippen LogP contribution in [0.4, 0.5) is 26.2 Å². The number of allylic oxidation sites excluding steroid dienone is 1. The van der Waals surface area contributed by atoms with Crippen LogP contribution < -0.4 is 15.5 Å². The Morgan fingerprint density at radius 2 is 1.69 bits per heavy atom. The molecule has 2 amide bonds. The zero-order chi connectivity index (χ0) is 23.8. The summed E-state index contributed by atoms with van der Waals surface area (Å²) >= 11 is 0. The second-order valence-corrected chi connectivity index (χ2v) is 8.68. The van der Waals surface area contributed by atoms with E-state index in [2.05, 4.69) is 43.2 Å². The van der Waals surface area contributed by atoms with Gasteiger partial charge < -0.3 is 20.6 Å². The second-order valence-electron chi connectivity index (χ2n) is 8.68. The molecule has 2 aromatic rings. The maximum Gasteiger partial charge on any atom is 0.328 e. The van der Waals surface area contributed by atoms with Crippen molar-refractivity contribution in [3.05, 3.63) is 59.9 Å². The molecule has 7 heteroatoms. The van der Waals surface area contributed by atoms with E-state index in [0.717, 1.165) is 24.9 Å². The fourth-order valence-electron chi connectivity index (χ4n) is 3.43. The Labute approximate surface area is 189 Å². The molecular formula is C25H32FN3O3. The number of anilines is 3. The van der Waals surface area contributed by atoms with Crippen LogP contribution in [0.2, 0.25) is 0 Å². The van der Waals surface area contributed by atoms with Crippen LogP contribution in [-0.2, 0) is 4.79 Å². The Bertz CT molecular complexity index is 976. The lowest BCUT2D eigenvalue weighted by Gasteiger charge is -2.30. The third kappa shape index (κ3) is 7.72. The smallest absolute Gasteiger partial charge is 0.328 e. The summed E-state index contributed by atoms with van der Waals surface area (Å²) in [5.74, 6) is -0.682. The van der Waals surface area contributed by atoms with Crippen LogP contribution in [0.1, 0.15) is 40.2 Å². The number of hydrogen-bond donors (Lipinski definition) is 3. The van der Waals surface area contributed by atoms with Crippen LogP contribution in [-0.4, -0.2) is 30.2 Å². The Hall–Kier alpha value is -3.35. The zero-order valence-corrected chi connectivity index (χ0v) is 19.3. The van der Waals surface area contributed by atoms with Crippen LogP contribution in [0, 0.1) is 17.7 Å². The first-order valence-corrected chi connectivity index (χ1v) is 10.7. The number of benzene rings is 2. The number of amides is 2. The molecule has 172 valence electrons. The molecule has 3 N–H and O–H groups in total. The van der Waals surface area contributed by atoms with E-state index in [1.807, 2.05) is 12.1 Å². The van der Waals surface area contributed by atoms with E-state index in [1.165, 1.54) is 18.2 Å². The summed E-state index contributed by atoms with van der Waals surface area (Å²) in [6.45, 7) is 11.8. The van der Waals surface area contributed by atoms with E-state index in [-0.39, 0.29) is 0 Å². The molecule has 0 heterocycles. The SMILES string of the molecule is C/C(=C\C(=O)O)c1ccc(N(CC(C)C)CC(C)C)c(NC(=O)Nc2cccc(F)c2)c1. The van der Waals surface area contributed by atoms with Gasteiger partial charge in [-0.2, -0.15) is 0 Å². The molecule has 6 nitrogen and oxygen atoms in total. The van der Waals surface area contributed by atoms with E-state index in [9.17, 15) is 14.0 Å².